The van der Waals surface area contributed by atoms with Crippen LogP contribution in [0.3, 0.4) is 0 Å². The van der Waals surface area contributed by atoms with Gasteiger partial charge in [-0.05, 0) is 36.6 Å². The van der Waals surface area contributed by atoms with Gasteiger partial charge in [-0.2, -0.15) is 0 Å². The van der Waals surface area contributed by atoms with Crippen molar-refractivity contribution in [3.05, 3.63) is 53.9 Å². The van der Waals surface area contributed by atoms with Crippen LogP contribution in [0.5, 0.6) is 0 Å². The molecule has 138 valence electrons. The van der Waals surface area contributed by atoms with Crippen molar-refractivity contribution in [2.75, 3.05) is 24.4 Å². The number of hydrogen-bond acceptors (Lipinski definition) is 4. The molecule has 0 saturated heterocycles. The summed E-state index contributed by atoms with van der Waals surface area (Å²) in [6.45, 7) is 3.01. The summed E-state index contributed by atoms with van der Waals surface area (Å²) in [6, 6.07) is 8.15. The second-order valence-electron chi connectivity index (χ2n) is 6.41. The molecular formula is C19H23N3O3S. The Morgan fingerprint density at radius 1 is 1.27 bits per heavy atom. The smallest absolute Gasteiger partial charge is 0.265 e. The Morgan fingerprint density at radius 3 is 2.81 bits per heavy atom. The zero-order chi connectivity index (χ0) is 18.7. The van der Waals surface area contributed by atoms with Crippen LogP contribution in [0.1, 0.15) is 35.7 Å². The van der Waals surface area contributed by atoms with E-state index in [1.165, 1.54) is 10.4 Å². The molecule has 1 aromatic heterocycles. The van der Waals surface area contributed by atoms with E-state index in [1.54, 1.807) is 48.6 Å². The number of fused-ring (bicyclic) bond motifs is 1. The van der Waals surface area contributed by atoms with Crippen LogP contribution in [0.2, 0.25) is 0 Å². The molecule has 0 atom stereocenters. The second kappa shape index (κ2) is 7.45. The maximum Gasteiger partial charge on any atom is 0.265 e. The number of carbonyl (C=O) groups is 1. The summed E-state index contributed by atoms with van der Waals surface area (Å²) in [6.07, 6.45) is 5.75. The third kappa shape index (κ3) is 3.31. The molecule has 2 aromatic rings. The number of unbranched alkanes of at least 4 members (excludes halogenated alkanes) is 1. The van der Waals surface area contributed by atoms with E-state index in [1.807, 2.05) is 0 Å². The minimum atomic E-state index is -3.82. The normalized spacial score (nSPS) is 13.5. The van der Waals surface area contributed by atoms with Gasteiger partial charge in [-0.25, -0.2) is 8.42 Å². The van der Waals surface area contributed by atoms with Gasteiger partial charge in [0, 0.05) is 32.5 Å². The first-order valence-electron chi connectivity index (χ1n) is 8.77. The fraction of sp³-hybridized carbons (Fsp3) is 0.368. The van der Waals surface area contributed by atoms with Crippen LogP contribution < -0.4 is 4.31 Å². The molecule has 0 spiro atoms. The Morgan fingerprint density at radius 2 is 2.04 bits per heavy atom. The molecule has 0 saturated carbocycles. The number of hydrogen-bond donors (Lipinski definition) is 0. The zero-order valence-electron chi connectivity index (χ0n) is 15.1. The van der Waals surface area contributed by atoms with E-state index in [0.717, 1.165) is 18.4 Å². The molecule has 0 bridgehead atoms. The van der Waals surface area contributed by atoms with Crippen LogP contribution in [0.4, 0.5) is 5.69 Å². The van der Waals surface area contributed by atoms with Crippen molar-refractivity contribution < 1.29 is 13.2 Å². The summed E-state index contributed by atoms with van der Waals surface area (Å²) in [7, 11) is -2.12. The largest absolute Gasteiger partial charge is 0.342 e. The number of benzene rings is 1. The average Bonchev–Trinajstić information content (AvgIpc) is 3.10. The molecule has 1 amide bonds. The van der Waals surface area contributed by atoms with Gasteiger partial charge in [-0.15, -0.1) is 0 Å². The second-order valence-corrected chi connectivity index (χ2v) is 8.24. The predicted octanol–water partition coefficient (Wildman–Crippen LogP) is 2.71. The highest BCUT2D eigenvalue weighted by Crippen LogP contribution is 2.33. The Balaban J connectivity index is 1.99. The minimum Gasteiger partial charge on any atom is -0.342 e. The standard InChI is InChI=1S/C19H23N3O3S/c1-3-4-12-21(2)19(23)16-7-5-6-8-18(16)26(24,25)22-13-10-15-14-20-11-9-17(15)22/h5-9,11,14H,3-4,10,12-13H2,1-2H3. The summed E-state index contributed by atoms with van der Waals surface area (Å²) in [4.78, 5) is 18.5. The lowest BCUT2D eigenvalue weighted by Crippen LogP contribution is -2.33. The van der Waals surface area contributed by atoms with Crippen molar-refractivity contribution in [2.45, 2.75) is 31.1 Å². The van der Waals surface area contributed by atoms with Crippen LogP contribution in [-0.4, -0.2) is 44.3 Å². The number of sulfonamides is 1. The van der Waals surface area contributed by atoms with E-state index < -0.39 is 10.0 Å². The predicted molar refractivity (Wildman–Crippen MR) is 101 cm³/mol. The van der Waals surface area contributed by atoms with E-state index in [9.17, 15) is 13.2 Å². The molecule has 26 heavy (non-hydrogen) atoms. The Kier molecular flexibility index (Phi) is 5.27. The van der Waals surface area contributed by atoms with Crippen molar-refractivity contribution in [2.24, 2.45) is 0 Å². The van der Waals surface area contributed by atoms with E-state index in [-0.39, 0.29) is 16.4 Å². The number of aromatic nitrogens is 1. The van der Waals surface area contributed by atoms with Gasteiger partial charge in [0.1, 0.15) is 4.90 Å². The molecule has 0 radical (unpaired) electrons. The number of amides is 1. The van der Waals surface area contributed by atoms with Crippen molar-refractivity contribution >= 4 is 21.6 Å². The monoisotopic (exact) mass is 373 g/mol. The molecule has 0 fully saturated rings. The van der Waals surface area contributed by atoms with E-state index in [2.05, 4.69) is 11.9 Å². The van der Waals surface area contributed by atoms with Gasteiger partial charge in [0.15, 0.2) is 0 Å². The van der Waals surface area contributed by atoms with E-state index in [0.29, 0.717) is 25.2 Å². The zero-order valence-corrected chi connectivity index (χ0v) is 15.9. The van der Waals surface area contributed by atoms with Crippen LogP contribution >= 0.6 is 0 Å². The number of pyridine rings is 1. The molecular weight excluding hydrogens is 350 g/mol. The SMILES string of the molecule is CCCCN(C)C(=O)c1ccccc1S(=O)(=O)N1CCc2cnccc21. The molecule has 1 aliphatic rings. The van der Waals surface area contributed by atoms with Gasteiger partial charge >= 0.3 is 0 Å². The summed E-state index contributed by atoms with van der Waals surface area (Å²) in [5.74, 6) is -0.272. The highest BCUT2D eigenvalue weighted by molar-refractivity contribution is 7.93. The molecule has 7 heteroatoms. The topological polar surface area (TPSA) is 70.6 Å². The van der Waals surface area contributed by atoms with Crippen molar-refractivity contribution in [1.82, 2.24) is 9.88 Å². The molecule has 1 aromatic carbocycles. The van der Waals surface area contributed by atoms with Crippen LogP contribution in [0.15, 0.2) is 47.6 Å². The third-order valence-corrected chi connectivity index (χ3v) is 6.48. The minimum absolute atomic E-state index is 0.0537. The van der Waals surface area contributed by atoms with Crippen LogP contribution in [0.25, 0.3) is 0 Å². The number of nitrogens with zero attached hydrogens (tertiary/aromatic N) is 3. The number of carbonyl (C=O) groups excluding carboxylic acids is 1. The first kappa shape index (κ1) is 18.4. The number of anilines is 1. The fourth-order valence-electron chi connectivity index (χ4n) is 3.14. The molecule has 0 unspecified atom stereocenters. The molecule has 0 N–H and O–H groups in total. The van der Waals surface area contributed by atoms with E-state index in [4.69, 9.17) is 0 Å². The third-order valence-electron chi connectivity index (χ3n) is 4.61. The maximum absolute atomic E-state index is 13.3. The van der Waals surface area contributed by atoms with Crippen LogP contribution in [-0.2, 0) is 16.4 Å². The lowest BCUT2D eigenvalue weighted by molar-refractivity contribution is 0.0789. The Bertz CT molecular complexity index is 912. The van der Waals surface area contributed by atoms with Gasteiger partial charge < -0.3 is 4.90 Å². The van der Waals surface area contributed by atoms with Gasteiger partial charge in [0.05, 0.1) is 11.3 Å². The van der Waals surface area contributed by atoms with Gasteiger partial charge in [0.2, 0.25) is 0 Å². The Labute approximate surface area is 154 Å². The maximum atomic E-state index is 13.3. The summed E-state index contributed by atoms with van der Waals surface area (Å²) in [5, 5.41) is 0. The molecule has 2 heterocycles. The van der Waals surface area contributed by atoms with Crippen LogP contribution in [0, 0.1) is 0 Å². The fourth-order valence-corrected chi connectivity index (χ4v) is 4.83. The Hall–Kier alpha value is -2.41. The van der Waals surface area contributed by atoms with Crippen molar-refractivity contribution in [3.63, 3.8) is 0 Å². The first-order chi connectivity index (χ1) is 12.5. The lowest BCUT2D eigenvalue weighted by atomic mass is 10.2. The van der Waals surface area contributed by atoms with Gasteiger partial charge in [0.25, 0.3) is 15.9 Å². The van der Waals surface area contributed by atoms with Gasteiger partial charge in [-0.3, -0.25) is 14.1 Å². The summed E-state index contributed by atoms with van der Waals surface area (Å²) in [5.41, 5.74) is 1.76. The molecule has 1 aliphatic heterocycles. The highest BCUT2D eigenvalue weighted by atomic mass is 32.2. The quantitative estimate of drug-likeness (QED) is 0.781. The van der Waals surface area contributed by atoms with E-state index >= 15 is 0 Å². The lowest BCUT2D eigenvalue weighted by Gasteiger charge is -2.23. The van der Waals surface area contributed by atoms with Crippen molar-refractivity contribution in [1.29, 1.82) is 0 Å². The summed E-state index contributed by atoms with van der Waals surface area (Å²) < 4.78 is 28.0. The molecule has 0 aliphatic carbocycles. The van der Waals surface area contributed by atoms with Gasteiger partial charge in [-0.1, -0.05) is 25.5 Å². The average molecular weight is 373 g/mol. The van der Waals surface area contributed by atoms with Crippen molar-refractivity contribution in [3.8, 4) is 0 Å². The first-order valence-corrected chi connectivity index (χ1v) is 10.2. The molecule has 6 nitrogen and oxygen atoms in total. The molecule has 3 rings (SSSR count). The highest BCUT2D eigenvalue weighted by Gasteiger charge is 2.33. The summed E-state index contributed by atoms with van der Waals surface area (Å²) >= 11 is 0. The number of rotatable bonds is 6.